The number of hydrogen-bond acceptors (Lipinski definition) is 5. The molecule has 0 spiro atoms. The Kier molecular flexibility index (Phi) is 4.87. The number of carbonyl (C=O) groups excluding carboxylic acids is 1. The van der Waals surface area contributed by atoms with E-state index in [1.807, 2.05) is 4.90 Å². The predicted molar refractivity (Wildman–Crippen MR) is 76.6 cm³/mol. The Bertz CT molecular complexity index is 426. The summed E-state index contributed by atoms with van der Waals surface area (Å²) >= 11 is 1.23. The second kappa shape index (κ2) is 6.43. The highest BCUT2D eigenvalue weighted by molar-refractivity contribution is 7.08. The van der Waals surface area contributed by atoms with E-state index in [9.17, 15) is 4.79 Å². The van der Waals surface area contributed by atoms with Crippen LogP contribution >= 0.6 is 11.5 Å². The van der Waals surface area contributed by atoms with Crippen LogP contribution in [0.1, 0.15) is 54.9 Å². The molecule has 6 heteroatoms. The summed E-state index contributed by atoms with van der Waals surface area (Å²) in [6.45, 7) is 8.91. The Labute approximate surface area is 118 Å². The lowest BCUT2D eigenvalue weighted by Crippen LogP contribution is -2.42. The van der Waals surface area contributed by atoms with E-state index in [0.29, 0.717) is 6.04 Å². The summed E-state index contributed by atoms with van der Waals surface area (Å²) in [6, 6.07) is 0.314. The molecular formula is C13H22N4OS. The standard InChI is InChI=1S/C13H22N4OS/c1-4-7-17(10-5-6-14-8-10)13(18)12-11(9(2)3)15-16-19-12/h9-10,14H,4-8H2,1-3H3. The van der Waals surface area contributed by atoms with Crippen molar-refractivity contribution in [2.45, 2.75) is 45.6 Å². The molecule has 1 saturated heterocycles. The molecule has 0 aliphatic carbocycles. The van der Waals surface area contributed by atoms with Crippen LogP contribution in [0.2, 0.25) is 0 Å². The topological polar surface area (TPSA) is 58.1 Å². The number of rotatable bonds is 5. The van der Waals surface area contributed by atoms with Crippen LogP contribution < -0.4 is 5.32 Å². The third-order valence-corrected chi connectivity index (χ3v) is 4.18. The van der Waals surface area contributed by atoms with Crippen LogP contribution in [0.5, 0.6) is 0 Å². The molecule has 0 saturated carbocycles. The van der Waals surface area contributed by atoms with Crippen LogP contribution in [0.4, 0.5) is 0 Å². The maximum Gasteiger partial charge on any atom is 0.267 e. The van der Waals surface area contributed by atoms with Crippen molar-refractivity contribution in [3.63, 3.8) is 0 Å². The molecule has 1 aliphatic heterocycles. The molecule has 1 fully saturated rings. The Morgan fingerprint density at radius 2 is 2.37 bits per heavy atom. The Hall–Kier alpha value is -1.01. The predicted octanol–water partition coefficient (Wildman–Crippen LogP) is 1.88. The van der Waals surface area contributed by atoms with Gasteiger partial charge in [0.1, 0.15) is 4.88 Å². The van der Waals surface area contributed by atoms with Gasteiger partial charge in [-0.1, -0.05) is 25.3 Å². The average molecular weight is 282 g/mol. The molecule has 0 bridgehead atoms. The largest absolute Gasteiger partial charge is 0.334 e. The van der Waals surface area contributed by atoms with Crippen molar-refractivity contribution in [3.05, 3.63) is 10.6 Å². The number of carbonyl (C=O) groups is 1. The van der Waals surface area contributed by atoms with Crippen molar-refractivity contribution >= 4 is 17.4 Å². The molecule has 19 heavy (non-hydrogen) atoms. The molecular weight excluding hydrogens is 260 g/mol. The molecule has 1 amide bonds. The molecule has 0 aromatic carbocycles. The fraction of sp³-hybridized carbons (Fsp3) is 0.769. The lowest BCUT2D eigenvalue weighted by molar-refractivity contribution is 0.0695. The van der Waals surface area contributed by atoms with Crippen LogP contribution in [-0.4, -0.2) is 46.1 Å². The van der Waals surface area contributed by atoms with Gasteiger partial charge in [0.25, 0.3) is 5.91 Å². The second-order valence-electron chi connectivity index (χ2n) is 5.29. The molecule has 1 aliphatic rings. The molecule has 0 radical (unpaired) electrons. The van der Waals surface area contributed by atoms with E-state index in [0.717, 1.165) is 43.0 Å². The third kappa shape index (κ3) is 3.12. The molecule has 106 valence electrons. The molecule has 1 N–H and O–H groups in total. The normalized spacial score (nSPS) is 19.1. The molecule has 1 atom stereocenters. The van der Waals surface area contributed by atoms with Gasteiger partial charge in [-0.2, -0.15) is 0 Å². The zero-order valence-electron chi connectivity index (χ0n) is 11.8. The Balaban J connectivity index is 2.20. The first kappa shape index (κ1) is 14.4. The van der Waals surface area contributed by atoms with Gasteiger partial charge in [-0.25, -0.2) is 0 Å². The summed E-state index contributed by atoms with van der Waals surface area (Å²) in [7, 11) is 0. The number of nitrogens with zero attached hydrogens (tertiary/aromatic N) is 3. The van der Waals surface area contributed by atoms with Gasteiger partial charge in [-0.05, 0) is 36.8 Å². The molecule has 2 rings (SSSR count). The fourth-order valence-corrected chi connectivity index (χ4v) is 3.23. The Morgan fingerprint density at radius 1 is 1.58 bits per heavy atom. The monoisotopic (exact) mass is 282 g/mol. The first-order chi connectivity index (χ1) is 9.15. The SMILES string of the molecule is CCCN(C(=O)c1snnc1C(C)C)C1CCNC1. The van der Waals surface area contributed by atoms with E-state index in [2.05, 4.69) is 35.7 Å². The quantitative estimate of drug-likeness (QED) is 0.896. The summed E-state index contributed by atoms with van der Waals surface area (Å²) < 4.78 is 3.96. The van der Waals surface area contributed by atoms with E-state index >= 15 is 0 Å². The summed E-state index contributed by atoms with van der Waals surface area (Å²) in [5.41, 5.74) is 0.835. The van der Waals surface area contributed by atoms with Gasteiger partial charge in [-0.3, -0.25) is 4.79 Å². The van der Waals surface area contributed by atoms with Crippen molar-refractivity contribution in [1.82, 2.24) is 19.8 Å². The number of aromatic nitrogens is 2. The maximum absolute atomic E-state index is 12.7. The lowest BCUT2D eigenvalue weighted by Gasteiger charge is -2.28. The fourth-order valence-electron chi connectivity index (χ4n) is 2.45. The minimum Gasteiger partial charge on any atom is -0.334 e. The summed E-state index contributed by atoms with van der Waals surface area (Å²) in [5, 5.41) is 7.44. The first-order valence-electron chi connectivity index (χ1n) is 6.99. The van der Waals surface area contributed by atoms with E-state index in [-0.39, 0.29) is 11.8 Å². The minimum absolute atomic E-state index is 0.106. The highest BCUT2D eigenvalue weighted by Crippen LogP contribution is 2.23. The second-order valence-corrected chi connectivity index (χ2v) is 6.04. The third-order valence-electron chi connectivity index (χ3n) is 3.45. The van der Waals surface area contributed by atoms with Gasteiger partial charge >= 0.3 is 0 Å². The molecule has 2 heterocycles. The van der Waals surface area contributed by atoms with Crippen LogP contribution in [0.25, 0.3) is 0 Å². The number of amides is 1. The van der Waals surface area contributed by atoms with E-state index < -0.39 is 0 Å². The van der Waals surface area contributed by atoms with Gasteiger partial charge in [-0.15, -0.1) is 5.10 Å². The highest BCUT2D eigenvalue weighted by atomic mass is 32.1. The van der Waals surface area contributed by atoms with Crippen molar-refractivity contribution in [1.29, 1.82) is 0 Å². The van der Waals surface area contributed by atoms with Crippen LogP contribution in [-0.2, 0) is 0 Å². The minimum atomic E-state index is 0.106. The van der Waals surface area contributed by atoms with Gasteiger partial charge in [0.2, 0.25) is 0 Å². The zero-order valence-corrected chi connectivity index (χ0v) is 12.7. The summed E-state index contributed by atoms with van der Waals surface area (Å²) in [4.78, 5) is 15.5. The van der Waals surface area contributed by atoms with Gasteiger partial charge in [0.15, 0.2) is 0 Å². The lowest BCUT2D eigenvalue weighted by atomic mass is 10.1. The smallest absolute Gasteiger partial charge is 0.267 e. The molecule has 1 aromatic heterocycles. The van der Waals surface area contributed by atoms with E-state index in [1.165, 1.54) is 11.5 Å². The number of hydrogen-bond donors (Lipinski definition) is 1. The summed E-state index contributed by atoms with van der Waals surface area (Å²) in [5.74, 6) is 0.345. The van der Waals surface area contributed by atoms with Crippen molar-refractivity contribution < 1.29 is 4.79 Å². The van der Waals surface area contributed by atoms with Crippen LogP contribution in [0, 0.1) is 0 Å². The van der Waals surface area contributed by atoms with Crippen molar-refractivity contribution in [2.75, 3.05) is 19.6 Å². The zero-order chi connectivity index (χ0) is 13.8. The van der Waals surface area contributed by atoms with Gasteiger partial charge in [0.05, 0.1) is 5.69 Å². The Morgan fingerprint density at radius 3 is 2.95 bits per heavy atom. The molecule has 1 unspecified atom stereocenters. The van der Waals surface area contributed by atoms with Crippen LogP contribution in [0.3, 0.4) is 0 Å². The van der Waals surface area contributed by atoms with E-state index in [4.69, 9.17) is 0 Å². The maximum atomic E-state index is 12.7. The van der Waals surface area contributed by atoms with Crippen LogP contribution in [0.15, 0.2) is 0 Å². The molecule has 1 aromatic rings. The van der Waals surface area contributed by atoms with Gasteiger partial charge in [0, 0.05) is 19.1 Å². The van der Waals surface area contributed by atoms with Gasteiger partial charge < -0.3 is 10.2 Å². The van der Waals surface area contributed by atoms with Crippen molar-refractivity contribution in [2.24, 2.45) is 0 Å². The van der Waals surface area contributed by atoms with E-state index in [1.54, 1.807) is 0 Å². The average Bonchev–Trinajstić information content (AvgIpc) is 3.05. The van der Waals surface area contributed by atoms with Crippen molar-refractivity contribution in [3.8, 4) is 0 Å². The highest BCUT2D eigenvalue weighted by Gasteiger charge is 2.30. The summed E-state index contributed by atoms with van der Waals surface area (Å²) in [6.07, 6.45) is 2.01. The molecule has 5 nitrogen and oxygen atoms in total. The first-order valence-corrected chi connectivity index (χ1v) is 7.76. The number of nitrogens with one attached hydrogen (secondary N) is 1.